The van der Waals surface area contributed by atoms with Crippen LogP contribution in [0, 0.1) is 0 Å². The van der Waals surface area contributed by atoms with E-state index in [1.54, 1.807) is 6.07 Å². The molecule has 0 bridgehead atoms. The van der Waals surface area contributed by atoms with Crippen molar-refractivity contribution in [1.29, 1.82) is 0 Å². The molecule has 2 aliphatic heterocycles. The highest BCUT2D eigenvalue weighted by Crippen LogP contribution is 2.34. The first-order valence-electron chi connectivity index (χ1n) is 10.8. The van der Waals surface area contributed by atoms with Gasteiger partial charge >= 0.3 is 0 Å². The number of carbonyl (C=O) groups is 1. The van der Waals surface area contributed by atoms with Crippen molar-refractivity contribution in [2.45, 2.75) is 23.8 Å². The van der Waals surface area contributed by atoms with Gasteiger partial charge < -0.3 is 14.8 Å². The molecule has 7 nitrogen and oxygen atoms in total. The first-order valence-corrected chi connectivity index (χ1v) is 12.2. The molecule has 0 saturated carbocycles. The Hall–Kier alpha value is -3.52. The van der Waals surface area contributed by atoms with E-state index in [2.05, 4.69) is 5.32 Å². The number of nitrogens with one attached hydrogen (secondary N) is 1. The summed E-state index contributed by atoms with van der Waals surface area (Å²) < 4.78 is 39.4. The molecule has 0 saturated heterocycles. The number of methoxy groups -OCH3 is 1. The molecule has 0 spiro atoms. The van der Waals surface area contributed by atoms with Crippen LogP contribution in [0.15, 0.2) is 71.6 Å². The number of carbonyl (C=O) groups excluding carboxylic acids is 1. The van der Waals surface area contributed by atoms with Crippen LogP contribution < -0.4 is 19.1 Å². The molecular weight excluding hydrogens is 440 g/mol. The molecule has 0 fully saturated rings. The highest BCUT2D eigenvalue weighted by molar-refractivity contribution is 7.92. The zero-order valence-corrected chi connectivity index (χ0v) is 19.0. The Morgan fingerprint density at radius 3 is 2.64 bits per heavy atom. The highest BCUT2D eigenvalue weighted by atomic mass is 32.2. The van der Waals surface area contributed by atoms with Crippen LogP contribution in [0.4, 0.5) is 5.69 Å². The number of benzene rings is 3. The van der Waals surface area contributed by atoms with Crippen molar-refractivity contribution in [1.82, 2.24) is 5.32 Å². The van der Waals surface area contributed by atoms with Crippen LogP contribution in [0.1, 0.15) is 21.5 Å². The molecule has 170 valence electrons. The van der Waals surface area contributed by atoms with Gasteiger partial charge in [-0.3, -0.25) is 9.10 Å². The fourth-order valence-corrected chi connectivity index (χ4v) is 5.91. The van der Waals surface area contributed by atoms with Gasteiger partial charge in [0.05, 0.1) is 29.8 Å². The van der Waals surface area contributed by atoms with E-state index < -0.39 is 15.9 Å². The maximum Gasteiger partial charge on any atom is 0.264 e. The van der Waals surface area contributed by atoms with Crippen molar-refractivity contribution in [2.24, 2.45) is 0 Å². The second-order valence-electron chi connectivity index (χ2n) is 8.08. The molecule has 0 aliphatic carbocycles. The summed E-state index contributed by atoms with van der Waals surface area (Å²) in [5.74, 6) is 0.725. The van der Waals surface area contributed by atoms with Crippen molar-refractivity contribution in [3.8, 4) is 11.5 Å². The number of rotatable bonds is 6. The molecular formula is C25H24N2O5S. The summed E-state index contributed by atoms with van der Waals surface area (Å²) in [6.45, 7) is 0.669. The minimum Gasteiger partial charge on any atom is -0.496 e. The normalized spacial score (nSPS) is 16.6. The smallest absolute Gasteiger partial charge is 0.264 e. The second kappa shape index (κ2) is 8.44. The van der Waals surface area contributed by atoms with Gasteiger partial charge in [-0.2, -0.15) is 0 Å². The van der Waals surface area contributed by atoms with Crippen LogP contribution in [0.5, 0.6) is 11.5 Å². The van der Waals surface area contributed by atoms with Crippen LogP contribution in [-0.4, -0.2) is 40.6 Å². The fourth-order valence-electron chi connectivity index (χ4n) is 4.38. The third kappa shape index (κ3) is 3.91. The third-order valence-electron chi connectivity index (χ3n) is 6.05. The zero-order valence-electron chi connectivity index (χ0n) is 18.2. The Morgan fingerprint density at radius 1 is 1.09 bits per heavy atom. The lowest BCUT2D eigenvalue weighted by atomic mass is 10.1. The topological polar surface area (TPSA) is 84.9 Å². The van der Waals surface area contributed by atoms with Gasteiger partial charge in [0, 0.05) is 13.0 Å². The molecule has 3 aromatic carbocycles. The van der Waals surface area contributed by atoms with Crippen molar-refractivity contribution in [3.05, 3.63) is 83.4 Å². The van der Waals surface area contributed by atoms with Crippen molar-refractivity contribution in [3.63, 3.8) is 0 Å². The van der Waals surface area contributed by atoms with E-state index in [1.165, 1.54) is 29.6 Å². The van der Waals surface area contributed by atoms with Gasteiger partial charge in [-0.25, -0.2) is 8.42 Å². The minimum atomic E-state index is -3.83. The van der Waals surface area contributed by atoms with E-state index in [0.29, 0.717) is 37.4 Å². The molecule has 0 radical (unpaired) electrons. The Morgan fingerprint density at radius 2 is 1.85 bits per heavy atom. The van der Waals surface area contributed by atoms with Crippen LogP contribution in [-0.2, 0) is 22.9 Å². The largest absolute Gasteiger partial charge is 0.496 e. The molecule has 2 heterocycles. The second-order valence-corrected chi connectivity index (χ2v) is 9.94. The Labute approximate surface area is 193 Å². The highest BCUT2D eigenvalue weighted by Gasteiger charge is 2.32. The molecule has 2 aliphatic rings. The van der Waals surface area contributed by atoms with Gasteiger partial charge in [0.1, 0.15) is 17.6 Å². The summed E-state index contributed by atoms with van der Waals surface area (Å²) in [5, 5.41) is 2.86. The first-order chi connectivity index (χ1) is 16.0. The standard InChI is InChI=1S/C25H24N2O5S/c1-31-24-11-10-20(33(29,30)27-13-12-17-6-2-4-8-22(17)27)15-21(24)25(28)26-16-19-14-18-7-3-5-9-23(18)32-19/h2-11,15,19H,12-14,16H2,1H3,(H,26,28). The quantitative estimate of drug-likeness (QED) is 0.606. The van der Waals surface area contributed by atoms with Crippen molar-refractivity contribution < 1.29 is 22.7 Å². The number of hydrogen-bond acceptors (Lipinski definition) is 5. The lowest BCUT2D eigenvalue weighted by molar-refractivity contribution is 0.0930. The average Bonchev–Trinajstić information content (AvgIpc) is 3.46. The summed E-state index contributed by atoms with van der Waals surface area (Å²) in [4.78, 5) is 13.0. The van der Waals surface area contributed by atoms with Crippen LogP contribution in [0.3, 0.4) is 0 Å². The third-order valence-corrected chi connectivity index (χ3v) is 7.86. The molecule has 3 aromatic rings. The molecule has 33 heavy (non-hydrogen) atoms. The van der Waals surface area contributed by atoms with Crippen molar-refractivity contribution in [2.75, 3.05) is 24.5 Å². The Kier molecular flexibility index (Phi) is 5.46. The molecule has 1 atom stereocenters. The van der Waals surface area contributed by atoms with E-state index >= 15 is 0 Å². The lowest BCUT2D eigenvalue weighted by Gasteiger charge is -2.20. The van der Waals surface area contributed by atoms with Gasteiger partial charge in [0.15, 0.2) is 0 Å². The summed E-state index contributed by atoms with van der Waals surface area (Å²) in [5.41, 5.74) is 2.94. The maximum atomic E-state index is 13.4. The van der Waals surface area contributed by atoms with Gasteiger partial charge in [-0.15, -0.1) is 0 Å². The first kappa shape index (κ1) is 21.3. The van der Waals surface area contributed by atoms with Crippen LogP contribution in [0.25, 0.3) is 0 Å². The predicted molar refractivity (Wildman–Crippen MR) is 125 cm³/mol. The summed E-state index contributed by atoms with van der Waals surface area (Å²) in [6, 6.07) is 19.6. The van der Waals surface area contributed by atoms with Crippen LogP contribution in [0.2, 0.25) is 0 Å². The van der Waals surface area contributed by atoms with Gasteiger partial charge in [0.25, 0.3) is 15.9 Å². The van der Waals surface area contributed by atoms with E-state index in [-0.39, 0.29) is 16.6 Å². The number of hydrogen-bond donors (Lipinski definition) is 1. The number of anilines is 1. The number of nitrogens with zero attached hydrogens (tertiary/aromatic N) is 1. The molecule has 1 unspecified atom stereocenters. The Bertz CT molecular complexity index is 1300. The number of sulfonamides is 1. The number of para-hydroxylation sites is 2. The monoisotopic (exact) mass is 464 g/mol. The summed E-state index contributed by atoms with van der Waals surface area (Å²) in [6.07, 6.45) is 1.18. The summed E-state index contributed by atoms with van der Waals surface area (Å²) in [7, 11) is -2.37. The van der Waals surface area contributed by atoms with Crippen LogP contribution >= 0.6 is 0 Å². The van der Waals surface area contributed by atoms with E-state index in [4.69, 9.17) is 9.47 Å². The molecule has 5 rings (SSSR count). The van der Waals surface area contributed by atoms with Gasteiger partial charge in [-0.1, -0.05) is 36.4 Å². The Balaban J connectivity index is 1.36. The predicted octanol–water partition coefficient (Wildman–Crippen LogP) is 3.18. The molecule has 1 amide bonds. The number of ether oxygens (including phenoxy) is 2. The van der Waals surface area contributed by atoms with Crippen molar-refractivity contribution >= 4 is 21.6 Å². The average molecular weight is 465 g/mol. The SMILES string of the molecule is COc1ccc(S(=O)(=O)N2CCc3ccccc32)cc1C(=O)NCC1Cc2ccccc2O1. The molecule has 0 aromatic heterocycles. The maximum absolute atomic E-state index is 13.4. The van der Waals surface area contributed by atoms with E-state index in [1.807, 2.05) is 42.5 Å². The molecule has 1 N–H and O–H groups in total. The fraction of sp³-hybridized carbons (Fsp3) is 0.240. The summed E-state index contributed by atoms with van der Waals surface area (Å²) >= 11 is 0. The zero-order chi connectivity index (χ0) is 23.0. The minimum absolute atomic E-state index is 0.0506. The molecule has 8 heteroatoms. The van der Waals surface area contributed by atoms with Gasteiger partial charge in [-0.05, 0) is 47.9 Å². The number of amides is 1. The van der Waals surface area contributed by atoms with E-state index in [0.717, 1.165) is 16.9 Å². The lowest BCUT2D eigenvalue weighted by Crippen LogP contribution is -2.35. The number of fused-ring (bicyclic) bond motifs is 2. The van der Waals surface area contributed by atoms with E-state index in [9.17, 15) is 13.2 Å². The van der Waals surface area contributed by atoms with Gasteiger partial charge in [0.2, 0.25) is 0 Å².